The van der Waals surface area contributed by atoms with Crippen molar-refractivity contribution in [3.05, 3.63) is 22.1 Å². The number of hydrogen-bond acceptors (Lipinski definition) is 11. The first-order valence-electron chi connectivity index (χ1n) is 11.3. The predicted molar refractivity (Wildman–Crippen MR) is 137 cm³/mol. The molecule has 0 aliphatic carbocycles. The molecule has 39 heavy (non-hydrogen) atoms. The first-order chi connectivity index (χ1) is 18.4. The summed E-state index contributed by atoms with van der Waals surface area (Å²) >= 11 is 5.82. The second kappa shape index (κ2) is 15.0. The van der Waals surface area contributed by atoms with Crippen LogP contribution < -0.4 is 5.09 Å². The molecule has 1 unspecified atom stereocenters. The van der Waals surface area contributed by atoms with Crippen LogP contribution in [0.3, 0.4) is 0 Å². The van der Waals surface area contributed by atoms with Crippen molar-refractivity contribution in [2.45, 2.75) is 38.5 Å². The lowest BCUT2D eigenvalue weighted by molar-refractivity contribution is -0.198. The first-order valence-corrected chi connectivity index (χ1v) is 14.9. The number of hydroxylamine groups is 4. The quantitative estimate of drug-likeness (QED) is 0.154. The molecule has 0 aromatic carbocycles. The Kier molecular flexibility index (Phi) is 12.3. The molecule has 2 saturated heterocycles. The van der Waals surface area contributed by atoms with Gasteiger partial charge in [0.2, 0.25) is 7.44 Å². The second-order valence-electron chi connectivity index (χ2n) is 7.93. The van der Waals surface area contributed by atoms with Crippen molar-refractivity contribution in [1.29, 1.82) is 0 Å². The molecular weight excluding hydrogens is 675 g/mol. The topological polar surface area (TPSA) is 194 Å². The molecule has 0 saturated carbocycles. The second-order valence-corrected chi connectivity index (χ2v) is 11.5. The van der Waals surface area contributed by atoms with Crippen molar-refractivity contribution in [3.63, 3.8) is 0 Å². The zero-order valence-corrected chi connectivity index (χ0v) is 24.3. The van der Waals surface area contributed by atoms with Gasteiger partial charge < -0.3 is 9.68 Å². The lowest BCUT2D eigenvalue weighted by Crippen LogP contribution is -2.38. The van der Waals surface area contributed by atoms with Crippen molar-refractivity contribution < 1.29 is 52.6 Å². The van der Waals surface area contributed by atoms with Crippen LogP contribution in [-0.2, 0) is 52.6 Å². The van der Waals surface area contributed by atoms with Crippen LogP contribution in [0.2, 0.25) is 0 Å². The smallest absolute Gasteiger partial charge is 0.330 e. The van der Waals surface area contributed by atoms with Crippen molar-refractivity contribution in [2.75, 3.05) is 19.3 Å². The average molecular weight is 698 g/mol. The number of ketones is 1. The van der Waals surface area contributed by atoms with Crippen molar-refractivity contribution in [1.82, 2.24) is 19.9 Å². The van der Waals surface area contributed by atoms with E-state index in [1.165, 1.54) is 9.97 Å². The maximum atomic E-state index is 13.9. The molecule has 2 rings (SSSR count). The van der Waals surface area contributed by atoms with Gasteiger partial charge in [-0.3, -0.25) is 38.4 Å². The highest BCUT2D eigenvalue weighted by molar-refractivity contribution is 9.11. The molecule has 15 nitrogen and oxygen atoms in total. The zero-order valence-electron chi connectivity index (χ0n) is 20.2. The van der Waals surface area contributed by atoms with E-state index in [-0.39, 0.29) is 25.7 Å². The number of halogens is 2. The van der Waals surface area contributed by atoms with Crippen LogP contribution >= 0.6 is 39.3 Å². The molecule has 5 amide bonds. The van der Waals surface area contributed by atoms with Gasteiger partial charge in [0.25, 0.3) is 29.5 Å². The van der Waals surface area contributed by atoms with Crippen molar-refractivity contribution >= 4 is 86.6 Å². The number of carbonyl (C=O) groups is 8. The number of nitrogens with one attached hydrogen (secondary N) is 1. The largest absolute Gasteiger partial charge is 0.334 e. The van der Waals surface area contributed by atoms with E-state index < -0.39 is 86.8 Å². The molecule has 1 atom stereocenters. The van der Waals surface area contributed by atoms with Gasteiger partial charge in [-0.1, -0.05) is 31.9 Å². The Balaban J connectivity index is 2.23. The van der Waals surface area contributed by atoms with Crippen LogP contribution in [0.5, 0.6) is 0 Å². The molecule has 18 heteroatoms. The number of rotatable bonds is 14. The predicted octanol–water partition coefficient (Wildman–Crippen LogP) is 0.979. The Hall–Kier alpha value is -3.01. The summed E-state index contributed by atoms with van der Waals surface area (Å²) in [7, 11) is -4.20. The van der Waals surface area contributed by atoms with Crippen LogP contribution in [0.4, 0.5) is 0 Å². The molecule has 2 heterocycles. The maximum absolute atomic E-state index is 13.9. The van der Waals surface area contributed by atoms with E-state index in [2.05, 4.69) is 36.9 Å². The van der Waals surface area contributed by atoms with E-state index in [0.717, 1.165) is 16.8 Å². The summed E-state index contributed by atoms with van der Waals surface area (Å²) in [5.74, 6) is -6.56. The van der Waals surface area contributed by atoms with E-state index in [4.69, 9.17) is 9.68 Å². The number of amides is 5. The van der Waals surface area contributed by atoms with Crippen LogP contribution in [0.25, 0.3) is 0 Å². The fourth-order valence-corrected chi connectivity index (χ4v) is 6.05. The first kappa shape index (κ1) is 32.2. The van der Waals surface area contributed by atoms with Crippen LogP contribution in [-0.4, -0.2) is 81.3 Å². The summed E-state index contributed by atoms with van der Waals surface area (Å²) < 4.78 is 14.9. The average Bonchev–Trinajstić information content (AvgIpc) is 3.34. The number of carbonyl (C=O) groups excluding carboxylic acids is 8. The molecule has 0 aromatic heterocycles. The van der Waals surface area contributed by atoms with Gasteiger partial charge in [0.05, 0.1) is 19.0 Å². The van der Waals surface area contributed by atoms with Crippen LogP contribution in [0.1, 0.15) is 38.5 Å². The Bertz CT molecular complexity index is 1060. The van der Waals surface area contributed by atoms with E-state index in [0.29, 0.717) is 10.1 Å². The molecule has 2 fully saturated rings. The summed E-state index contributed by atoms with van der Waals surface area (Å²) in [5.41, 5.74) is 0. The summed E-state index contributed by atoms with van der Waals surface area (Å²) in [6.07, 6.45) is -0.420. The maximum Gasteiger partial charge on any atom is 0.334 e. The fourth-order valence-electron chi connectivity index (χ4n) is 3.30. The van der Waals surface area contributed by atoms with Gasteiger partial charge in [0, 0.05) is 44.8 Å². The minimum atomic E-state index is -4.20. The highest BCUT2D eigenvalue weighted by Gasteiger charge is 2.37. The molecule has 2 aliphatic rings. The molecule has 212 valence electrons. The van der Waals surface area contributed by atoms with Crippen LogP contribution in [0, 0.1) is 0 Å². The van der Waals surface area contributed by atoms with Gasteiger partial charge >= 0.3 is 11.9 Å². The molecule has 2 aliphatic heterocycles. The minimum Gasteiger partial charge on any atom is -0.330 e. The van der Waals surface area contributed by atoms with Gasteiger partial charge in [-0.25, -0.2) is 14.3 Å². The fraction of sp³-hybridized carbons (Fsp3) is 0.429. The summed E-state index contributed by atoms with van der Waals surface area (Å²) in [4.78, 5) is 108. The van der Waals surface area contributed by atoms with Gasteiger partial charge in [-0.05, 0) is 16.0 Å². The number of hydrogen-bond donors (Lipinski definition) is 1. The summed E-state index contributed by atoms with van der Waals surface area (Å²) in [6.45, 7) is -0.935. The highest BCUT2D eigenvalue weighted by Crippen LogP contribution is 2.46. The Morgan fingerprint density at radius 1 is 0.795 bits per heavy atom. The molecule has 0 aromatic rings. The monoisotopic (exact) mass is 696 g/mol. The molecule has 0 bridgehead atoms. The molecular formula is C21H23Br2N4O11P. The lowest BCUT2D eigenvalue weighted by Gasteiger charge is -2.31. The highest BCUT2D eigenvalue weighted by atomic mass is 79.9. The lowest BCUT2D eigenvalue weighted by atomic mass is 10.4. The molecule has 0 radical (unpaired) electrons. The van der Waals surface area contributed by atoms with E-state index in [1.807, 2.05) is 0 Å². The normalized spacial score (nSPS) is 17.4. The number of allylic oxidation sites excluding steroid dienone is 1. The van der Waals surface area contributed by atoms with Gasteiger partial charge in [-0.2, -0.15) is 0 Å². The summed E-state index contributed by atoms with van der Waals surface area (Å²) in [5, 5.41) is 2.86. The standard InChI is InChI=1S/C21H23Br2N4O11P/c22-9-5-14(28)13-39(36,24-15(29)6-10-23)25(11-7-20(34)37-26-16(30)1-2-17(26)31)12-8-21(35)38-27-18(32)3-4-19(27)33/h5-6,9-10H,1-4,7-8,11-13H2,(H,24,29,36). The molecule has 0 spiro atoms. The SMILES string of the molecule is O=C(C=CBr)CP(=O)(NC(=O)C=CBr)N(CCC(=O)ON1C(=O)CCC1=O)CCC(=O)ON1C(=O)CCC1=O. The van der Waals surface area contributed by atoms with E-state index in [9.17, 15) is 42.9 Å². The molecule has 1 N–H and O–H groups in total. The van der Waals surface area contributed by atoms with Crippen molar-refractivity contribution in [3.8, 4) is 0 Å². The van der Waals surface area contributed by atoms with Gasteiger partial charge in [0.1, 0.15) is 0 Å². The van der Waals surface area contributed by atoms with Gasteiger partial charge in [0.15, 0.2) is 5.78 Å². The minimum absolute atomic E-state index is 0.131. The third kappa shape index (κ3) is 9.60. The Labute approximate surface area is 238 Å². The number of nitrogens with zero attached hydrogens (tertiary/aromatic N) is 3. The number of imide groups is 2. The summed E-state index contributed by atoms with van der Waals surface area (Å²) in [6, 6.07) is 0. The third-order valence-corrected chi connectivity index (χ3v) is 8.27. The Morgan fingerprint density at radius 3 is 1.59 bits per heavy atom. The van der Waals surface area contributed by atoms with Crippen molar-refractivity contribution in [2.24, 2.45) is 0 Å². The zero-order chi connectivity index (χ0) is 29.2. The third-order valence-electron chi connectivity index (χ3n) is 5.12. The van der Waals surface area contributed by atoms with E-state index >= 15 is 0 Å². The van der Waals surface area contributed by atoms with E-state index in [1.54, 1.807) is 0 Å². The van der Waals surface area contributed by atoms with Gasteiger partial charge in [-0.15, -0.1) is 10.1 Å². The van der Waals surface area contributed by atoms with Crippen LogP contribution in [0.15, 0.2) is 22.1 Å². The Morgan fingerprint density at radius 2 is 1.21 bits per heavy atom.